The summed E-state index contributed by atoms with van der Waals surface area (Å²) < 4.78 is 14.1. The molecule has 2 N–H and O–H groups in total. The molecule has 0 heterocycles. The van der Waals surface area contributed by atoms with Crippen LogP contribution in [0.4, 0.5) is 10.1 Å². The van der Waals surface area contributed by atoms with E-state index >= 15 is 0 Å². The average molecular weight is 345 g/mol. The molecule has 0 aromatic heterocycles. The number of nitrogens with one attached hydrogen (secondary N) is 1. The number of phenolic OH excluding ortho intramolecular Hbond substituents is 1. The molecule has 0 saturated carbocycles. The van der Waals surface area contributed by atoms with Gasteiger partial charge in [0.25, 0.3) is 0 Å². The second-order valence-electron chi connectivity index (χ2n) is 4.19. The Kier molecular flexibility index (Phi) is 4.32. The summed E-state index contributed by atoms with van der Waals surface area (Å²) in [4.78, 5) is 0. The fourth-order valence-corrected chi connectivity index (χ4v) is 2.32. The molecule has 2 aromatic carbocycles. The first-order valence-electron chi connectivity index (χ1n) is 5.67. The van der Waals surface area contributed by atoms with Gasteiger partial charge in [-0.1, -0.05) is 11.6 Å². The summed E-state index contributed by atoms with van der Waals surface area (Å²) in [6.07, 6.45) is 0. The summed E-state index contributed by atoms with van der Waals surface area (Å²) in [5, 5.41) is 13.5. The van der Waals surface area contributed by atoms with Crippen LogP contribution in [0.2, 0.25) is 5.02 Å². The van der Waals surface area contributed by atoms with Gasteiger partial charge in [-0.05, 0) is 59.3 Å². The van der Waals surface area contributed by atoms with Crippen molar-refractivity contribution in [2.45, 2.75) is 13.0 Å². The van der Waals surface area contributed by atoms with E-state index in [2.05, 4.69) is 21.2 Å². The van der Waals surface area contributed by atoms with Gasteiger partial charge in [-0.15, -0.1) is 0 Å². The Labute approximate surface area is 124 Å². The van der Waals surface area contributed by atoms with Gasteiger partial charge in [0.05, 0.1) is 11.7 Å². The van der Waals surface area contributed by atoms with E-state index in [-0.39, 0.29) is 17.6 Å². The van der Waals surface area contributed by atoms with E-state index in [9.17, 15) is 9.50 Å². The van der Waals surface area contributed by atoms with Crippen LogP contribution in [-0.2, 0) is 0 Å². The predicted octanol–water partition coefficient (Wildman–Crippen LogP) is 5.12. The molecule has 0 aliphatic carbocycles. The number of aromatic hydroxyl groups is 1. The van der Waals surface area contributed by atoms with Crippen molar-refractivity contribution >= 4 is 33.2 Å². The Morgan fingerprint density at radius 3 is 2.74 bits per heavy atom. The largest absolute Gasteiger partial charge is 0.508 e. The van der Waals surface area contributed by atoms with Gasteiger partial charge in [-0.2, -0.15) is 0 Å². The summed E-state index contributed by atoms with van der Waals surface area (Å²) in [7, 11) is 0. The molecule has 19 heavy (non-hydrogen) atoms. The molecule has 0 radical (unpaired) electrons. The molecule has 2 rings (SSSR count). The SMILES string of the molecule is CC(Nc1cc(Cl)ccc1Br)c1cc(F)ccc1O. The molecule has 0 fully saturated rings. The molecule has 2 nitrogen and oxygen atoms in total. The third-order valence-corrected chi connectivity index (χ3v) is 3.68. The van der Waals surface area contributed by atoms with Crippen molar-refractivity contribution in [1.29, 1.82) is 0 Å². The maximum atomic E-state index is 13.2. The van der Waals surface area contributed by atoms with Gasteiger partial charge in [-0.3, -0.25) is 0 Å². The summed E-state index contributed by atoms with van der Waals surface area (Å²) in [6.45, 7) is 1.84. The molecule has 0 aliphatic rings. The first kappa shape index (κ1) is 14.2. The molecule has 2 aromatic rings. The van der Waals surface area contributed by atoms with Crippen LogP contribution < -0.4 is 5.32 Å². The van der Waals surface area contributed by atoms with E-state index in [1.54, 1.807) is 12.1 Å². The number of phenols is 1. The predicted molar refractivity (Wildman–Crippen MR) is 79.3 cm³/mol. The van der Waals surface area contributed by atoms with Crippen molar-refractivity contribution in [3.05, 3.63) is 57.3 Å². The van der Waals surface area contributed by atoms with Gasteiger partial charge in [0, 0.05) is 15.1 Å². The minimum Gasteiger partial charge on any atom is -0.508 e. The molecule has 0 bridgehead atoms. The normalized spacial score (nSPS) is 12.2. The highest BCUT2D eigenvalue weighted by Gasteiger charge is 2.13. The smallest absolute Gasteiger partial charge is 0.123 e. The molecular weight excluding hydrogens is 333 g/mol. The van der Waals surface area contributed by atoms with E-state index in [0.29, 0.717) is 10.6 Å². The van der Waals surface area contributed by atoms with Crippen LogP contribution in [0.25, 0.3) is 0 Å². The van der Waals surface area contributed by atoms with Crippen molar-refractivity contribution < 1.29 is 9.50 Å². The highest BCUT2D eigenvalue weighted by atomic mass is 79.9. The number of benzene rings is 2. The van der Waals surface area contributed by atoms with Gasteiger partial charge in [0.1, 0.15) is 11.6 Å². The van der Waals surface area contributed by atoms with E-state index in [1.165, 1.54) is 18.2 Å². The highest BCUT2D eigenvalue weighted by molar-refractivity contribution is 9.10. The zero-order chi connectivity index (χ0) is 14.0. The fraction of sp³-hybridized carbons (Fsp3) is 0.143. The third-order valence-electron chi connectivity index (χ3n) is 2.76. The van der Waals surface area contributed by atoms with Crippen LogP contribution in [0.15, 0.2) is 40.9 Å². The lowest BCUT2D eigenvalue weighted by molar-refractivity contribution is 0.462. The second-order valence-corrected chi connectivity index (χ2v) is 5.48. The number of hydrogen-bond acceptors (Lipinski definition) is 2. The van der Waals surface area contributed by atoms with Crippen molar-refractivity contribution in [3.63, 3.8) is 0 Å². The van der Waals surface area contributed by atoms with Crippen LogP contribution >= 0.6 is 27.5 Å². The quantitative estimate of drug-likeness (QED) is 0.810. The number of hydrogen-bond donors (Lipinski definition) is 2. The van der Waals surface area contributed by atoms with E-state index < -0.39 is 0 Å². The topological polar surface area (TPSA) is 32.3 Å². The Hall–Kier alpha value is -1.26. The van der Waals surface area contributed by atoms with Gasteiger partial charge in [0.15, 0.2) is 0 Å². The van der Waals surface area contributed by atoms with Crippen LogP contribution in [-0.4, -0.2) is 5.11 Å². The minimum absolute atomic E-state index is 0.0551. The van der Waals surface area contributed by atoms with Crippen molar-refractivity contribution in [2.75, 3.05) is 5.32 Å². The minimum atomic E-state index is -0.383. The van der Waals surface area contributed by atoms with Crippen LogP contribution in [0.3, 0.4) is 0 Å². The molecular formula is C14H12BrClFNO. The van der Waals surface area contributed by atoms with Crippen LogP contribution in [0, 0.1) is 5.82 Å². The molecule has 5 heteroatoms. The standard InChI is InChI=1S/C14H12BrClFNO/c1-8(11-7-10(17)3-5-14(11)19)18-13-6-9(16)2-4-12(13)15/h2-8,18-19H,1H3. The molecule has 100 valence electrons. The fourth-order valence-electron chi connectivity index (χ4n) is 1.79. The molecule has 0 spiro atoms. The molecule has 0 saturated heterocycles. The van der Waals surface area contributed by atoms with Crippen molar-refractivity contribution in [2.24, 2.45) is 0 Å². The molecule has 0 aliphatic heterocycles. The van der Waals surface area contributed by atoms with Gasteiger partial charge >= 0.3 is 0 Å². The maximum absolute atomic E-state index is 13.2. The average Bonchev–Trinajstić information content (AvgIpc) is 2.36. The van der Waals surface area contributed by atoms with Gasteiger partial charge in [-0.25, -0.2) is 4.39 Å². The Bertz CT molecular complexity index is 606. The lowest BCUT2D eigenvalue weighted by atomic mass is 10.1. The summed E-state index contributed by atoms with van der Waals surface area (Å²) >= 11 is 9.34. The molecule has 0 amide bonds. The van der Waals surface area contributed by atoms with E-state index in [1.807, 2.05) is 13.0 Å². The monoisotopic (exact) mass is 343 g/mol. The van der Waals surface area contributed by atoms with E-state index in [0.717, 1.165) is 10.2 Å². The summed E-state index contributed by atoms with van der Waals surface area (Å²) in [5.41, 5.74) is 1.27. The van der Waals surface area contributed by atoms with Crippen LogP contribution in [0.1, 0.15) is 18.5 Å². The second kappa shape index (κ2) is 5.80. The summed E-state index contributed by atoms with van der Waals surface area (Å²) in [5.74, 6) is -0.328. The Balaban J connectivity index is 2.27. The van der Waals surface area contributed by atoms with E-state index in [4.69, 9.17) is 11.6 Å². The lowest BCUT2D eigenvalue weighted by Crippen LogP contribution is -2.07. The third kappa shape index (κ3) is 3.39. The first-order chi connectivity index (χ1) is 8.97. The van der Waals surface area contributed by atoms with Crippen molar-refractivity contribution in [1.82, 2.24) is 0 Å². The first-order valence-corrected chi connectivity index (χ1v) is 6.84. The zero-order valence-electron chi connectivity index (χ0n) is 10.1. The highest BCUT2D eigenvalue weighted by Crippen LogP contribution is 2.32. The lowest BCUT2D eigenvalue weighted by Gasteiger charge is -2.18. The van der Waals surface area contributed by atoms with Crippen molar-refractivity contribution in [3.8, 4) is 5.75 Å². The van der Waals surface area contributed by atoms with Gasteiger partial charge < -0.3 is 10.4 Å². The number of halogens is 3. The number of anilines is 1. The van der Waals surface area contributed by atoms with Crippen LogP contribution in [0.5, 0.6) is 5.75 Å². The molecule has 1 unspecified atom stereocenters. The zero-order valence-corrected chi connectivity index (χ0v) is 12.5. The van der Waals surface area contributed by atoms with Gasteiger partial charge in [0.2, 0.25) is 0 Å². The molecule has 1 atom stereocenters. The summed E-state index contributed by atoms with van der Waals surface area (Å²) in [6, 6.07) is 8.97. The Morgan fingerprint density at radius 2 is 2.00 bits per heavy atom. The Morgan fingerprint density at radius 1 is 1.26 bits per heavy atom. The number of rotatable bonds is 3. The maximum Gasteiger partial charge on any atom is 0.123 e.